The fraction of sp³-hybridized carbons (Fsp3) is 0.391. The van der Waals surface area contributed by atoms with Crippen LogP contribution in [0.3, 0.4) is 0 Å². The molecule has 1 N–H and O–H groups in total. The van der Waals surface area contributed by atoms with E-state index in [1.54, 1.807) is 24.3 Å². The predicted octanol–water partition coefficient (Wildman–Crippen LogP) is 3.90. The Morgan fingerprint density at radius 2 is 1.82 bits per heavy atom. The van der Waals surface area contributed by atoms with Gasteiger partial charge in [-0.2, -0.15) is 0 Å². The molecule has 0 bridgehead atoms. The number of amides is 2. The Balaban J connectivity index is 1.43. The van der Waals surface area contributed by atoms with Crippen molar-refractivity contribution in [3.05, 3.63) is 65.7 Å². The van der Waals surface area contributed by atoms with E-state index in [1.165, 1.54) is 5.56 Å². The van der Waals surface area contributed by atoms with Gasteiger partial charge in [0.2, 0.25) is 5.91 Å². The molecule has 28 heavy (non-hydrogen) atoms. The van der Waals surface area contributed by atoms with Gasteiger partial charge in [-0.1, -0.05) is 30.3 Å². The van der Waals surface area contributed by atoms with Crippen molar-refractivity contribution in [3.8, 4) is 0 Å². The van der Waals surface area contributed by atoms with Crippen molar-refractivity contribution in [1.82, 2.24) is 4.90 Å². The van der Waals surface area contributed by atoms with Crippen LogP contribution in [0.1, 0.15) is 42.1 Å². The van der Waals surface area contributed by atoms with Crippen molar-refractivity contribution in [2.75, 3.05) is 25.1 Å². The number of nitrogens with zero attached hydrogens (tertiary/aromatic N) is 1. The van der Waals surface area contributed by atoms with Gasteiger partial charge in [0.05, 0.1) is 19.3 Å². The zero-order valence-electron chi connectivity index (χ0n) is 16.4. The van der Waals surface area contributed by atoms with Gasteiger partial charge in [-0.15, -0.1) is 0 Å². The number of hydrogen-bond donors (Lipinski definition) is 1. The number of ether oxygens (including phenoxy) is 1. The molecule has 3 rings (SSSR count). The molecule has 1 aliphatic rings. The summed E-state index contributed by atoms with van der Waals surface area (Å²) in [6, 6.07) is 17.5. The lowest BCUT2D eigenvalue weighted by Gasteiger charge is -2.33. The van der Waals surface area contributed by atoms with Crippen LogP contribution in [0.2, 0.25) is 0 Å². The molecule has 0 saturated carbocycles. The Bertz CT molecular complexity index is 774. The third-order valence-electron chi connectivity index (χ3n) is 5.01. The number of anilines is 1. The lowest BCUT2D eigenvalue weighted by atomic mass is 10.1. The minimum Gasteiger partial charge on any atom is -0.377 e. The van der Waals surface area contributed by atoms with Crippen LogP contribution in [0, 0.1) is 0 Å². The molecule has 1 unspecified atom stereocenters. The third-order valence-corrected chi connectivity index (χ3v) is 5.01. The lowest BCUT2D eigenvalue weighted by molar-refractivity contribution is -0.116. The molecule has 1 heterocycles. The summed E-state index contributed by atoms with van der Waals surface area (Å²) in [5, 5.41) is 2.91. The van der Waals surface area contributed by atoms with E-state index in [0.29, 0.717) is 31.7 Å². The van der Waals surface area contributed by atoms with Crippen LogP contribution in [0.15, 0.2) is 54.6 Å². The van der Waals surface area contributed by atoms with E-state index in [9.17, 15) is 9.59 Å². The van der Waals surface area contributed by atoms with E-state index in [1.807, 2.05) is 30.0 Å². The Labute approximate surface area is 166 Å². The van der Waals surface area contributed by atoms with Crippen molar-refractivity contribution in [3.63, 3.8) is 0 Å². The second kappa shape index (κ2) is 10.0. The molecule has 0 aliphatic carbocycles. The first kappa shape index (κ1) is 20.1. The maximum Gasteiger partial charge on any atom is 0.254 e. The second-order valence-corrected chi connectivity index (χ2v) is 7.24. The Kier molecular flexibility index (Phi) is 7.20. The van der Waals surface area contributed by atoms with Crippen molar-refractivity contribution in [1.29, 1.82) is 0 Å². The fourth-order valence-corrected chi connectivity index (χ4v) is 3.37. The zero-order chi connectivity index (χ0) is 19.8. The number of morpholine rings is 1. The number of rotatable bonds is 7. The van der Waals surface area contributed by atoms with Crippen LogP contribution >= 0.6 is 0 Å². The maximum atomic E-state index is 12.6. The number of carbonyl (C=O) groups excluding carboxylic acids is 2. The van der Waals surface area contributed by atoms with E-state index < -0.39 is 0 Å². The molecule has 1 aliphatic heterocycles. The van der Waals surface area contributed by atoms with E-state index in [-0.39, 0.29) is 17.9 Å². The smallest absolute Gasteiger partial charge is 0.254 e. The van der Waals surface area contributed by atoms with Crippen molar-refractivity contribution in [2.45, 2.75) is 38.6 Å². The molecular formula is C23H28N2O3. The highest BCUT2D eigenvalue weighted by molar-refractivity contribution is 5.96. The first-order valence-electron chi connectivity index (χ1n) is 9.96. The van der Waals surface area contributed by atoms with Crippen LogP contribution in [0.4, 0.5) is 5.69 Å². The Hall–Kier alpha value is -2.66. The molecule has 5 heteroatoms. The SMILES string of the molecule is CC1COCCN1C(=O)c1ccc(NC(=O)CCCCc2ccccc2)cc1. The van der Waals surface area contributed by atoms with E-state index >= 15 is 0 Å². The molecule has 1 atom stereocenters. The molecule has 2 aromatic carbocycles. The van der Waals surface area contributed by atoms with Crippen LogP contribution in [-0.4, -0.2) is 42.5 Å². The summed E-state index contributed by atoms with van der Waals surface area (Å²) in [5.74, 6) is 0.0172. The standard InChI is InChI=1S/C23H28N2O3/c1-18-17-28-16-15-25(18)23(27)20-11-13-21(14-12-20)24-22(26)10-6-5-9-19-7-3-2-4-8-19/h2-4,7-8,11-14,18H,5-6,9-10,15-17H2,1H3,(H,24,26). The van der Waals surface area contributed by atoms with Gasteiger partial charge in [0, 0.05) is 24.2 Å². The largest absolute Gasteiger partial charge is 0.377 e. The topological polar surface area (TPSA) is 58.6 Å². The summed E-state index contributed by atoms with van der Waals surface area (Å²) < 4.78 is 5.38. The molecule has 2 aromatic rings. The average molecular weight is 380 g/mol. The molecule has 1 fully saturated rings. The summed E-state index contributed by atoms with van der Waals surface area (Å²) in [4.78, 5) is 26.6. The van der Waals surface area contributed by atoms with Crippen molar-refractivity contribution >= 4 is 17.5 Å². The van der Waals surface area contributed by atoms with Gasteiger partial charge >= 0.3 is 0 Å². The van der Waals surface area contributed by atoms with Crippen LogP contribution in [-0.2, 0) is 16.0 Å². The predicted molar refractivity (Wildman–Crippen MR) is 110 cm³/mol. The monoisotopic (exact) mass is 380 g/mol. The fourth-order valence-electron chi connectivity index (χ4n) is 3.37. The van der Waals surface area contributed by atoms with Crippen LogP contribution < -0.4 is 5.32 Å². The molecule has 2 amide bonds. The molecule has 5 nitrogen and oxygen atoms in total. The number of benzene rings is 2. The van der Waals surface area contributed by atoms with Gasteiger partial charge in [0.15, 0.2) is 0 Å². The van der Waals surface area contributed by atoms with Crippen LogP contribution in [0.5, 0.6) is 0 Å². The van der Waals surface area contributed by atoms with Gasteiger partial charge in [-0.05, 0) is 56.0 Å². The first-order valence-corrected chi connectivity index (χ1v) is 9.96. The van der Waals surface area contributed by atoms with E-state index in [2.05, 4.69) is 17.4 Å². The average Bonchev–Trinajstić information content (AvgIpc) is 2.72. The highest BCUT2D eigenvalue weighted by Crippen LogP contribution is 2.16. The molecule has 0 radical (unpaired) electrons. The summed E-state index contributed by atoms with van der Waals surface area (Å²) in [6.45, 7) is 3.75. The van der Waals surface area contributed by atoms with Gasteiger partial charge in [0.1, 0.15) is 0 Å². The highest BCUT2D eigenvalue weighted by atomic mass is 16.5. The minimum absolute atomic E-state index is 0.00828. The summed E-state index contributed by atoms with van der Waals surface area (Å²) in [6.07, 6.45) is 3.33. The minimum atomic E-state index is 0.00828. The number of hydrogen-bond acceptors (Lipinski definition) is 3. The lowest BCUT2D eigenvalue weighted by Crippen LogP contribution is -2.47. The van der Waals surface area contributed by atoms with E-state index in [4.69, 9.17) is 4.74 Å². The first-order chi connectivity index (χ1) is 13.6. The Morgan fingerprint density at radius 1 is 1.07 bits per heavy atom. The molecule has 0 aromatic heterocycles. The zero-order valence-corrected chi connectivity index (χ0v) is 16.4. The van der Waals surface area contributed by atoms with Gasteiger partial charge < -0.3 is 15.0 Å². The normalized spacial score (nSPS) is 16.6. The molecule has 0 spiro atoms. The maximum absolute atomic E-state index is 12.6. The van der Waals surface area contributed by atoms with Gasteiger partial charge in [0.25, 0.3) is 5.91 Å². The molecule has 1 saturated heterocycles. The number of unbranched alkanes of at least 4 members (excludes halogenated alkanes) is 1. The Morgan fingerprint density at radius 3 is 2.54 bits per heavy atom. The molecular weight excluding hydrogens is 352 g/mol. The number of nitrogens with one attached hydrogen (secondary N) is 1. The second-order valence-electron chi connectivity index (χ2n) is 7.24. The quantitative estimate of drug-likeness (QED) is 0.741. The number of carbonyl (C=O) groups is 2. The third kappa shape index (κ3) is 5.67. The van der Waals surface area contributed by atoms with Crippen LogP contribution in [0.25, 0.3) is 0 Å². The summed E-state index contributed by atoms with van der Waals surface area (Å²) in [7, 11) is 0. The van der Waals surface area contributed by atoms with Crippen molar-refractivity contribution < 1.29 is 14.3 Å². The van der Waals surface area contributed by atoms with Crippen molar-refractivity contribution in [2.24, 2.45) is 0 Å². The van der Waals surface area contributed by atoms with Gasteiger partial charge in [-0.3, -0.25) is 9.59 Å². The summed E-state index contributed by atoms with van der Waals surface area (Å²) >= 11 is 0. The van der Waals surface area contributed by atoms with Gasteiger partial charge in [-0.25, -0.2) is 0 Å². The summed E-state index contributed by atoms with van der Waals surface area (Å²) in [5.41, 5.74) is 2.66. The molecule has 148 valence electrons. The number of aryl methyl sites for hydroxylation is 1. The highest BCUT2D eigenvalue weighted by Gasteiger charge is 2.24. The van der Waals surface area contributed by atoms with E-state index in [0.717, 1.165) is 24.9 Å².